The summed E-state index contributed by atoms with van der Waals surface area (Å²) in [5.41, 5.74) is 0. The molecule has 0 aliphatic heterocycles. The molecule has 0 atom stereocenters. The molecule has 0 radical (unpaired) electrons. The Morgan fingerprint density at radius 2 is 1.82 bits per heavy atom. The minimum atomic E-state index is -3.99. The van der Waals surface area contributed by atoms with Gasteiger partial charge in [-0.25, -0.2) is 17.2 Å². The summed E-state index contributed by atoms with van der Waals surface area (Å²) in [7, 11) is -3.99. The molecule has 9 heteroatoms. The van der Waals surface area contributed by atoms with Crippen LogP contribution < -0.4 is 4.74 Å². The quantitative estimate of drug-likeness (QED) is 0.782. The van der Waals surface area contributed by atoms with E-state index in [1.165, 1.54) is 24.3 Å². The van der Waals surface area contributed by atoms with Crippen molar-refractivity contribution in [2.75, 3.05) is 13.2 Å². The summed E-state index contributed by atoms with van der Waals surface area (Å²) in [5.74, 6) is -1.16. The molecule has 22 heavy (non-hydrogen) atoms. The van der Waals surface area contributed by atoms with Crippen LogP contribution in [0.4, 0.5) is 8.78 Å². The van der Waals surface area contributed by atoms with Gasteiger partial charge in [0.1, 0.15) is 18.9 Å². The Balaban J connectivity index is 2.98. The lowest BCUT2D eigenvalue weighted by Crippen LogP contribution is -2.40. The third-order valence-electron chi connectivity index (χ3n) is 2.67. The molecule has 0 heterocycles. The molecule has 1 rings (SSSR count). The normalized spacial score (nSPS) is 12.1. The Morgan fingerprint density at radius 1 is 1.27 bits per heavy atom. The summed E-state index contributed by atoms with van der Waals surface area (Å²) in [4.78, 5) is 10.7. The Hall–Kier alpha value is -1.74. The second kappa shape index (κ2) is 7.50. The van der Waals surface area contributed by atoms with Gasteiger partial charge in [-0.15, -0.1) is 0 Å². The molecule has 0 saturated heterocycles. The zero-order chi connectivity index (χ0) is 16.9. The van der Waals surface area contributed by atoms with Crippen LogP contribution in [0.15, 0.2) is 29.2 Å². The van der Waals surface area contributed by atoms with Crippen LogP contribution in [0.25, 0.3) is 0 Å². The van der Waals surface area contributed by atoms with Gasteiger partial charge < -0.3 is 9.84 Å². The lowest BCUT2D eigenvalue weighted by Gasteiger charge is -2.24. The molecule has 1 N–H and O–H groups in total. The van der Waals surface area contributed by atoms with Gasteiger partial charge in [-0.05, 0) is 38.1 Å². The van der Waals surface area contributed by atoms with Gasteiger partial charge in [-0.1, -0.05) is 0 Å². The average Bonchev–Trinajstić information content (AvgIpc) is 2.42. The number of alkyl halides is 2. The monoisotopic (exact) mass is 337 g/mol. The number of aliphatic carboxylic acids is 1. The number of hydrogen-bond donors (Lipinski definition) is 1. The smallest absolute Gasteiger partial charge is 0.318 e. The molecule has 0 spiro atoms. The predicted molar refractivity (Wildman–Crippen MR) is 74.6 cm³/mol. The SMILES string of the molecule is CC(C)N(CC(=O)O)S(=O)(=O)c1ccc(OCC(F)F)cc1. The van der Waals surface area contributed by atoms with E-state index in [4.69, 9.17) is 9.84 Å². The van der Waals surface area contributed by atoms with E-state index < -0.39 is 41.6 Å². The molecule has 124 valence electrons. The van der Waals surface area contributed by atoms with Crippen molar-refractivity contribution in [2.45, 2.75) is 31.2 Å². The fraction of sp³-hybridized carbons (Fsp3) is 0.462. The molecule has 0 saturated carbocycles. The summed E-state index contributed by atoms with van der Waals surface area (Å²) in [6.07, 6.45) is -2.63. The van der Waals surface area contributed by atoms with Crippen LogP contribution >= 0.6 is 0 Å². The average molecular weight is 337 g/mol. The molecule has 6 nitrogen and oxygen atoms in total. The van der Waals surface area contributed by atoms with Crippen molar-refractivity contribution in [1.82, 2.24) is 4.31 Å². The Labute approximate surface area is 127 Å². The fourth-order valence-corrected chi connectivity index (χ4v) is 3.27. The highest BCUT2D eigenvalue weighted by atomic mass is 32.2. The maximum Gasteiger partial charge on any atom is 0.318 e. The molecule has 0 bridgehead atoms. The van der Waals surface area contributed by atoms with Gasteiger partial charge in [0.15, 0.2) is 0 Å². The number of hydrogen-bond acceptors (Lipinski definition) is 4. The maximum atomic E-state index is 12.4. The van der Waals surface area contributed by atoms with Gasteiger partial charge >= 0.3 is 5.97 Å². The molecule has 0 amide bonds. The molecular weight excluding hydrogens is 320 g/mol. The third-order valence-corrected chi connectivity index (χ3v) is 4.71. The molecule has 0 aliphatic carbocycles. The first-order valence-corrected chi connectivity index (χ1v) is 7.83. The van der Waals surface area contributed by atoms with E-state index in [1.807, 2.05) is 0 Å². The van der Waals surface area contributed by atoms with Crippen LogP contribution in [0.5, 0.6) is 5.75 Å². The van der Waals surface area contributed by atoms with Crippen molar-refractivity contribution in [3.63, 3.8) is 0 Å². The van der Waals surface area contributed by atoms with Gasteiger partial charge in [0, 0.05) is 6.04 Å². The van der Waals surface area contributed by atoms with Gasteiger partial charge in [0.2, 0.25) is 10.0 Å². The largest absolute Gasteiger partial charge is 0.488 e. The van der Waals surface area contributed by atoms with Crippen LogP contribution in [0.3, 0.4) is 0 Å². The van der Waals surface area contributed by atoms with Crippen LogP contribution in [-0.2, 0) is 14.8 Å². The van der Waals surface area contributed by atoms with E-state index in [2.05, 4.69) is 0 Å². The van der Waals surface area contributed by atoms with Gasteiger partial charge in [-0.2, -0.15) is 4.31 Å². The number of ether oxygens (including phenoxy) is 1. The fourth-order valence-electron chi connectivity index (χ4n) is 1.68. The molecule has 0 aliphatic rings. The second-order valence-corrected chi connectivity index (χ2v) is 6.60. The number of carboxylic acid groups (broad SMARTS) is 1. The van der Waals surface area contributed by atoms with Crippen LogP contribution in [0.2, 0.25) is 0 Å². The molecule has 1 aromatic rings. The van der Waals surface area contributed by atoms with E-state index in [9.17, 15) is 22.0 Å². The number of rotatable bonds is 8. The van der Waals surface area contributed by atoms with E-state index in [-0.39, 0.29) is 10.6 Å². The molecule has 0 fully saturated rings. The number of carboxylic acids is 1. The predicted octanol–water partition coefficient (Wildman–Crippen LogP) is 1.81. The third kappa shape index (κ3) is 4.92. The van der Waals surface area contributed by atoms with Crippen molar-refractivity contribution in [3.05, 3.63) is 24.3 Å². The molecule has 1 aromatic carbocycles. The summed E-state index contributed by atoms with van der Waals surface area (Å²) in [5, 5.41) is 8.81. The number of carbonyl (C=O) groups is 1. The van der Waals surface area contributed by atoms with Gasteiger partial charge in [0.05, 0.1) is 4.90 Å². The Bertz CT molecular complexity index is 601. The van der Waals surface area contributed by atoms with Crippen LogP contribution in [-0.4, -0.2) is 49.4 Å². The minimum absolute atomic E-state index is 0.105. The zero-order valence-electron chi connectivity index (χ0n) is 12.1. The highest BCUT2D eigenvalue weighted by molar-refractivity contribution is 7.89. The van der Waals surface area contributed by atoms with Crippen molar-refractivity contribution in [2.24, 2.45) is 0 Å². The first-order chi connectivity index (χ1) is 10.1. The summed E-state index contributed by atoms with van der Waals surface area (Å²) >= 11 is 0. The zero-order valence-corrected chi connectivity index (χ0v) is 12.9. The summed E-state index contributed by atoms with van der Waals surface area (Å²) in [6, 6.07) is 4.32. The first-order valence-electron chi connectivity index (χ1n) is 6.39. The molecule has 0 unspecified atom stereocenters. The second-order valence-electron chi connectivity index (χ2n) is 4.71. The molecular formula is C13H17F2NO5S. The topological polar surface area (TPSA) is 83.9 Å². The Morgan fingerprint density at radius 3 is 2.23 bits per heavy atom. The minimum Gasteiger partial charge on any atom is -0.488 e. The standard InChI is InChI=1S/C13H17F2NO5S/c1-9(2)16(7-13(17)18)22(19,20)11-5-3-10(4-6-11)21-8-12(14)15/h3-6,9,12H,7-8H2,1-2H3,(H,17,18). The van der Waals surface area contributed by atoms with Crippen molar-refractivity contribution in [3.8, 4) is 5.75 Å². The van der Waals surface area contributed by atoms with Crippen molar-refractivity contribution >= 4 is 16.0 Å². The van der Waals surface area contributed by atoms with Crippen LogP contribution in [0.1, 0.15) is 13.8 Å². The number of nitrogens with zero attached hydrogens (tertiary/aromatic N) is 1. The summed E-state index contributed by atoms with van der Waals surface area (Å²) < 4.78 is 54.4. The maximum absolute atomic E-state index is 12.4. The lowest BCUT2D eigenvalue weighted by molar-refractivity contribution is -0.137. The van der Waals surface area contributed by atoms with Gasteiger partial charge in [0.25, 0.3) is 6.43 Å². The number of halogens is 2. The van der Waals surface area contributed by atoms with Gasteiger partial charge in [-0.3, -0.25) is 4.79 Å². The van der Waals surface area contributed by atoms with Crippen LogP contribution in [0, 0.1) is 0 Å². The summed E-state index contributed by atoms with van der Waals surface area (Å²) in [6.45, 7) is 1.66. The van der Waals surface area contributed by atoms with E-state index in [0.717, 1.165) is 4.31 Å². The highest BCUT2D eigenvalue weighted by Crippen LogP contribution is 2.21. The van der Waals surface area contributed by atoms with Crippen molar-refractivity contribution < 1.29 is 31.8 Å². The van der Waals surface area contributed by atoms with Crippen molar-refractivity contribution in [1.29, 1.82) is 0 Å². The molecule has 0 aromatic heterocycles. The van der Waals surface area contributed by atoms with E-state index in [0.29, 0.717) is 0 Å². The lowest BCUT2D eigenvalue weighted by atomic mass is 10.3. The van der Waals surface area contributed by atoms with E-state index >= 15 is 0 Å². The number of sulfonamides is 1. The number of benzene rings is 1. The van der Waals surface area contributed by atoms with E-state index in [1.54, 1.807) is 13.8 Å². The highest BCUT2D eigenvalue weighted by Gasteiger charge is 2.28. The first kappa shape index (κ1) is 18.3. The Kier molecular flexibility index (Phi) is 6.24.